The lowest BCUT2D eigenvalue weighted by Gasteiger charge is -2.21. The van der Waals surface area contributed by atoms with E-state index in [0.29, 0.717) is 18.5 Å². The van der Waals surface area contributed by atoms with Gasteiger partial charge in [-0.25, -0.2) is 4.79 Å². The van der Waals surface area contributed by atoms with Gasteiger partial charge in [-0.1, -0.05) is 29.3 Å². The van der Waals surface area contributed by atoms with Gasteiger partial charge in [0.05, 0.1) is 38.8 Å². The van der Waals surface area contributed by atoms with Crippen molar-refractivity contribution in [2.75, 3.05) is 18.4 Å². The second kappa shape index (κ2) is 10.5. The molecule has 174 valence electrons. The molecule has 1 N–H and O–H groups in total. The molecule has 2 amide bonds. The first kappa shape index (κ1) is 24.3. The molecule has 0 saturated heterocycles. The number of aromatic nitrogens is 1. The zero-order chi connectivity index (χ0) is 24.1. The molecule has 1 aromatic heterocycles. The first-order valence-electron chi connectivity index (χ1n) is 10.0. The highest BCUT2D eigenvalue weighted by molar-refractivity contribution is 6.39. The van der Waals surface area contributed by atoms with Crippen LogP contribution in [0, 0.1) is 10.1 Å². The number of aryl methyl sites for hydroxylation is 1. The van der Waals surface area contributed by atoms with E-state index in [-0.39, 0.29) is 52.4 Å². The van der Waals surface area contributed by atoms with Crippen LogP contribution in [-0.2, 0) is 16.1 Å². The van der Waals surface area contributed by atoms with Gasteiger partial charge in [-0.05, 0) is 31.5 Å². The fourth-order valence-corrected chi connectivity index (χ4v) is 3.76. The van der Waals surface area contributed by atoms with Crippen molar-refractivity contribution in [3.05, 3.63) is 67.1 Å². The summed E-state index contributed by atoms with van der Waals surface area (Å²) in [4.78, 5) is 48.8. The molecule has 0 unspecified atom stereocenters. The lowest BCUT2D eigenvalue weighted by Crippen LogP contribution is -2.38. The molecule has 0 aliphatic heterocycles. The molecular weight excluding hydrogens is 475 g/mol. The summed E-state index contributed by atoms with van der Waals surface area (Å²) < 4.78 is 6.39. The van der Waals surface area contributed by atoms with Gasteiger partial charge in [-0.3, -0.25) is 24.3 Å². The van der Waals surface area contributed by atoms with E-state index in [1.54, 1.807) is 25.1 Å². The Bertz CT molecular complexity index is 1250. The number of fused-ring (bicyclic) bond motifs is 1. The maximum absolute atomic E-state index is 12.6. The Hall–Kier alpha value is -3.37. The smallest absolute Gasteiger partial charge is 0.407 e. The van der Waals surface area contributed by atoms with Gasteiger partial charge >= 0.3 is 5.76 Å². The average Bonchev–Trinajstić information content (AvgIpc) is 3.08. The Labute approximate surface area is 197 Å². The molecule has 2 aromatic carbocycles. The number of nitro groups is 1. The van der Waals surface area contributed by atoms with Crippen molar-refractivity contribution in [3.8, 4) is 0 Å². The number of para-hydroxylation sites is 1. The number of nitro benzene ring substituents is 1. The molecule has 33 heavy (non-hydrogen) atoms. The van der Waals surface area contributed by atoms with Crippen molar-refractivity contribution in [2.45, 2.75) is 26.3 Å². The number of carbonyl (C=O) groups is 2. The van der Waals surface area contributed by atoms with E-state index in [4.69, 9.17) is 27.6 Å². The Morgan fingerprint density at radius 3 is 2.55 bits per heavy atom. The Morgan fingerprint density at radius 1 is 1.21 bits per heavy atom. The van der Waals surface area contributed by atoms with Gasteiger partial charge in [-0.2, -0.15) is 0 Å². The first-order valence-corrected chi connectivity index (χ1v) is 10.8. The second-order valence-corrected chi connectivity index (χ2v) is 7.90. The maximum atomic E-state index is 12.6. The lowest BCUT2D eigenvalue weighted by molar-refractivity contribution is -0.384. The fraction of sp³-hybridized carbons (Fsp3) is 0.286. The summed E-state index contributed by atoms with van der Waals surface area (Å²) in [6.07, 6.45) is 0.388. The summed E-state index contributed by atoms with van der Waals surface area (Å²) in [6.45, 7) is 2.04. The van der Waals surface area contributed by atoms with Gasteiger partial charge in [0.1, 0.15) is 0 Å². The van der Waals surface area contributed by atoms with Crippen LogP contribution in [0.25, 0.3) is 11.1 Å². The predicted octanol–water partition coefficient (Wildman–Crippen LogP) is 4.08. The summed E-state index contributed by atoms with van der Waals surface area (Å²) in [5.74, 6) is -1.38. The molecule has 1 heterocycles. The van der Waals surface area contributed by atoms with Crippen LogP contribution in [0.2, 0.25) is 10.0 Å². The van der Waals surface area contributed by atoms with E-state index < -0.39 is 16.6 Å². The van der Waals surface area contributed by atoms with Crippen molar-refractivity contribution in [2.24, 2.45) is 0 Å². The number of non-ortho nitro benzene ring substituents is 1. The average molecular weight is 495 g/mol. The van der Waals surface area contributed by atoms with Crippen LogP contribution in [0.5, 0.6) is 0 Å². The minimum atomic E-state index is -0.665. The van der Waals surface area contributed by atoms with Gasteiger partial charge in [0.25, 0.3) is 5.69 Å². The largest absolute Gasteiger partial charge is 0.419 e. The molecule has 3 rings (SSSR count). The summed E-state index contributed by atoms with van der Waals surface area (Å²) in [6, 6.07) is 8.72. The number of rotatable bonds is 9. The number of benzene rings is 2. The molecule has 0 aliphatic rings. The number of likely N-dealkylation sites (N-methyl/N-ethyl adjacent to an activating group) is 1. The molecule has 0 fully saturated rings. The number of nitrogens with one attached hydrogen (secondary N) is 1. The van der Waals surface area contributed by atoms with Gasteiger partial charge in [0.2, 0.25) is 11.8 Å². The van der Waals surface area contributed by atoms with Crippen molar-refractivity contribution in [1.29, 1.82) is 0 Å². The van der Waals surface area contributed by atoms with Gasteiger partial charge in [-0.15, -0.1) is 0 Å². The number of carbonyl (C=O) groups excluding carboxylic acids is 2. The normalized spacial score (nSPS) is 10.9. The third kappa shape index (κ3) is 5.71. The quantitative estimate of drug-likeness (QED) is 0.352. The number of nitrogens with zero attached hydrogens (tertiary/aromatic N) is 3. The van der Waals surface area contributed by atoms with E-state index in [1.165, 1.54) is 27.7 Å². The van der Waals surface area contributed by atoms with E-state index >= 15 is 0 Å². The van der Waals surface area contributed by atoms with Crippen LogP contribution < -0.4 is 11.1 Å². The number of anilines is 1. The molecule has 0 radical (unpaired) electrons. The third-order valence-corrected chi connectivity index (χ3v) is 5.56. The zero-order valence-electron chi connectivity index (χ0n) is 17.5. The van der Waals surface area contributed by atoms with Gasteiger partial charge < -0.3 is 14.6 Å². The predicted molar refractivity (Wildman–Crippen MR) is 124 cm³/mol. The molecule has 0 bridgehead atoms. The molecule has 0 spiro atoms. The topological polar surface area (TPSA) is 128 Å². The highest BCUT2D eigenvalue weighted by Crippen LogP contribution is 2.29. The standard InChI is InChI=1S/C21H20Cl2N4O6/c1-2-25(12-18(28)24-20-14(22)5-3-6-15(20)23)19(29)7-4-10-26-16-9-8-13(27(31)32)11-17(16)33-21(26)30/h3,5-6,8-9,11H,2,4,7,10,12H2,1H3,(H,24,28). The van der Waals surface area contributed by atoms with E-state index in [0.717, 1.165) is 0 Å². The highest BCUT2D eigenvalue weighted by Gasteiger charge is 2.18. The van der Waals surface area contributed by atoms with Gasteiger partial charge in [0.15, 0.2) is 5.58 Å². The number of hydrogen-bond acceptors (Lipinski definition) is 6. The molecule has 3 aromatic rings. The van der Waals surface area contributed by atoms with Crippen LogP contribution >= 0.6 is 23.2 Å². The minimum absolute atomic E-state index is 0.0834. The van der Waals surface area contributed by atoms with E-state index in [1.807, 2.05) is 0 Å². The first-order chi connectivity index (χ1) is 15.7. The highest BCUT2D eigenvalue weighted by atomic mass is 35.5. The number of amides is 2. The number of hydrogen-bond donors (Lipinski definition) is 1. The van der Waals surface area contributed by atoms with Crippen LogP contribution in [-0.4, -0.2) is 39.3 Å². The molecular formula is C21H20Cl2N4O6. The van der Waals surface area contributed by atoms with Crippen molar-refractivity contribution < 1.29 is 18.9 Å². The Kier molecular flexibility index (Phi) is 7.72. The van der Waals surface area contributed by atoms with Crippen LogP contribution in [0.4, 0.5) is 11.4 Å². The summed E-state index contributed by atoms with van der Waals surface area (Å²) >= 11 is 12.1. The summed E-state index contributed by atoms with van der Waals surface area (Å²) in [5, 5.41) is 14.1. The van der Waals surface area contributed by atoms with Crippen molar-refractivity contribution in [1.82, 2.24) is 9.47 Å². The Morgan fingerprint density at radius 2 is 1.91 bits per heavy atom. The third-order valence-electron chi connectivity index (χ3n) is 4.93. The van der Waals surface area contributed by atoms with E-state index in [2.05, 4.69) is 5.32 Å². The Balaban J connectivity index is 1.59. The SMILES string of the molecule is CCN(CC(=O)Nc1c(Cl)cccc1Cl)C(=O)CCCn1c(=O)oc2cc([N+](=O)[O-])ccc21. The monoisotopic (exact) mass is 494 g/mol. The van der Waals surface area contributed by atoms with Gasteiger partial charge in [0, 0.05) is 25.6 Å². The van der Waals surface area contributed by atoms with Crippen LogP contribution in [0.1, 0.15) is 19.8 Å². The molecule has 0 saturated carbocycles. The lowest BCUT2D eigenvalue weighted by atomic mass is 10.2. The molecule has 0 atom stereocenters. The fourth-order valence-electron chi connectivity index (χ4n) is 3.27. The number of oxazole rings is 1. The minimum Gasteiger partial charge on any atom is -0.407 e. The molecule has 0 aliphatic carbocycles. The summed E-state index contributed by atoms with van der Waals surface area (Å²) in [5.41, 5.74) is 0.598. The number of halogens is 2. The molecule has 12 heteroatoms. The molecule has 10 nitrogen and oxygen atoms in total. The zero-order valence-corrected chi connectivity index (χ0v) is 19.1. The van der Waals surface area contributed by atoms with Crippen molar-refractivity contribution in [3.63, 3.8) is 0 Å². The second-order valence-electron chi connectivity index (χ2n) is 7.09. The van der Waals surface area contributed by atoms with E-state index in [9.17, 15) is 24.5 Å². The van der Waals surface area contributed by atoms with Crippen LogP contribution in [0.15, 0.2) is 45.6 Å². The van der Waals surface area contributed by atoms with Crippen LogP contribution in [0.3, 0.4) is 0 Å². The summed E-state index contributed by atoms with van der Waals surface area (Å²) in [7, 11) is 0. The maximum Gasteiger partial charge on any atom is 0.419 e. The van der Waals surface area contributed by atoms with Crippen molar-refractivity contribution >= 4 is 57.5 Å².